The van der Waals surface area contributed by atoms with Crippen LogP contribution in [-0.4, -0.2) is 29.3 Å². The molecular formula is C19H15F2N3O2S. The second-order valence-corrected chi connectivity index (χ2v) is 6.72. The third-order valence-corrected chi connectivity index (χ3v) is 4.67. The quantitative estimate of drug-likeness (QED) is 0.515. The van der Waals surface area contributed by atoms with Crippen LogP contribution in [0.25, 0.3) is 11.3 Å². The van der Waals surface area contributed by atoms with Crippen molar-refractivity contribution >= 4 is 28.7 Å². The van der Waals surface area contributed by atoms with Crippen LogP contribution in [0.15, 0.2) is 47.6 Å². The van der Waals surface area contributed by atoms with Crippen LogP contribution >= 0.6 is 11.3 Å². The number of nitrogens with zero attached hydrogens (tertiary/aromatic N) is 3. The maximum absolute atomic E-state index is 14.3. The molecule has 27 heavy (non-hydrogen) atoms. The molecule has 0 spiro atoms. The zero-order valence-electron chi connectivity index (χ0n) is 14.5. The zero-order valence-corrected chi connectivity index (χ0v) is 15.3. The Morgan fingerprint density at radius 1 is 1.26 bits per heavy atom. The highest BCUT2D eigenvalue weighted by molar-refractivity contribution is 7.14. The zero-order chi connectivity index (χ0) is 19.6. The van der Waals surface area contributed by atoms with Gasteiger partial charge in [0.1, 0.15) is 11.5 Å². The van der Waals surface area contributed by atoms with Crippen LogP contribution in [0.3, 0.4) is 0 Å². The van der Waals surface area contributed by atoms with Gasteiger partial charge in [-0.25, -0.2) is 19.2 Å². The first-order valence-electron chi connectivity index (χ1n) is 7.89. The smallest absolute Gasteiger partial charge is 0.336 e. The van der Waals surface area contributed by atoms with Gasteiger partial charge >= 0.3 is 5.97 Å². The van der Waals surface area contributed by atoms with E-state index in [1.807, 2.05) is 25.1 Å². The molecule has 2 aromatic carbocycles. The van der Waals surface area contributed by atoms with E-state index in [9.17, 15) is 13.6 Å². The van der Waals surface area contributed by atoms with E-state index in [0.717, 1.165) is 29.0 Å². The van der Waals surface area contributed by atoms with E-state index in [1.165, 1.54) is 17.3 Å². The summed E-state index contributed by atoms with van der Waals surface area (Å²) in [5, 5.41) is 14.5. The number of hydrazone groups is 1. The van der Waals surface area contributed by atoms with Crippen molar-refractivity contribution < 1.29 is 18.7 Å². The molecule has 0 aliphatic heterocycles. The molecule has 1 N–H and O–H groups in total. The lowest BCUT2D eigenvalue weighted by molar-refractivity contribution is 0.0696. The Morgan fingerprint density at radius 2 is 2.04 bits per heavy atom. The van der Waals surface area contributed by atoms with Crippen LogP contribution < -0.4 is 5.01 Å². The fraction of sp³-hybridized carbons (Fsp3) is 0.105. The highest BCUT2D eigenvalue weighted by atomic mass is 32.1. The van der Waals surface area contributed by atoms with Crippen molar-refractivity contribution in [2.75, 3.05) is 12.1 Å². The van der Waals surface area contributed by atoms with E-state index in [0.29, 0.717) is 10.7 Å². The Labute approximate surface area is 158 Å². The molecule has 0 unspecified atom stereocenters. The van der Waals surface area contributed by atoms with E-state index < -0.39 is 16.9 Å². The number of anilines is 1. The number of aromatic carboxylic acids is 1. The Morgan fingerprint density at radius 3 is 2.74 bits per heavy atom. The molecule has 0 aliphatic carbocycles. The fourth-order valence-electron chi connectivity index (χ4n) is 2.42. The number of carbonyl (C=O) groups is 1. The first-order valence-corrected chi connectivity index (χ1v) is 8.70. The number of thiazole rings is 1. The lowest BCUT2D eigenvalue weighted by Crippen LogP contribution is -2.10. The van der Waals surface area contributed by atoms with E-state index in [2.05, 4.69) is 10.1 Å². The number of rotatable bonds is 5. The predicted molar refractivity (Wildman–Crippen MR) is 102 cm³/mol. The number of halogens is 2. The van der Waals surface area contributed by atoms with Crippen molar-refractivity contribution in [2.24, 2.45) is 5.10 Å². The molecule has 8 heteroatoms. The normalized spacial score (nSPS) is 11.1. The molecule has 5 nitrogen and oxygen atoms in total. The summed E-state index contributed by atoms with van der Waals surface area (Å²) in [4.78, 5) is 15.5. The monoisotopic (exact) mass is 387 g/mol. The summed E-state index contributed by atoms with van der Waals surface area (Å²) >= 11 is 0.829. The summed E-state index contributed by atoms with van der Waals surface area (Å²) in [7, 11) is 1.57. The average molecular weight is 387 g/mol. The highest BCUT2D eigenvalue weighted by Crippen LogP contribution is 2.31. The van der Waals surface area contributed by atoms with Gasteiger partial charge in [-0.15, -0.1) is 0 Å². The van der Waals surface area contributed by atoms with E-state index >= 15 is 0 Å². The van der Waals surface area contributed by atoms with Gasteiger partial charge in [-0.2, -0.15) is 9.49 Å². The van der Waals surface area contributed by atoms with Crippen molar-refractivity contribution in [3.63, 3.8) is 0 Å². The molecule has 1 aromatic heterocycles. The second kappa shape index (κ2) is 7.63. The van der Waals surface area contributed by atoms with Crippen LogP contribution in [-0.2, 0) is 0 Å². The third-order valence-electron chi connectivity index (χ3n) is 3.76. The van der Waals surface area contributed by atoms with Crippen molar-refractivity contribution in [3.05, 3.63) is 70.1 Å². The summed E-state index contributed by atoms with van der Waals surface area (Å²) in [6.07, 6.45) is 1.27. The number of aryl methyl sites for hydroxylation is 1. The van der Waals surface area contributed by atoms with Crippen molar-refractivity contribution in [2.45, 2.75) is 6.92 Å². The van der Waals surface area contributed by atoms with Crippen LogP contribution in [0.5, 0.6) is 0 Å². The maximum Gasteiger partial charge on any atom is 0.336 e. The predicted octanol–water partition coefficient (Wildman–Crippen LogP) is 4.57. The minimum atomic E-state index is -1.26. The molecule has 0 fully saturated rings. The van der Waals surface area contributed by atoms with Crippen molar-refractivity contribution in [1.29, 1.82) is 0 Å². The standard InChI is InChI=1S/C19H15F2N3O2S/c1-11-4-3-5-12(8-11)16-17(21)27-19(23-16)24(2)22-10-13-6-7-14(20)9-15(13)18(25)26/h3-10H,1-2H3,(H,25,26)/b22-10+. The van der Waals surface area contributed by atoms with Gasteiger partial charge in [-0.05, 0) is 31.2 Å². The Bertz CT molecular complexity index is 1030. The molecule has 0 amide bonds. The van der Waals surface area contributed by atoms with Gasteiger partial charge in [0, 0.05) is 18.2 Å². The van der Waals surface area contributed by atoms with Gasteiger partial charge in [-0.1, -0.05) is 35.1 Å². The average Bonchev–Trinajstić information content (AvgIpc) is 3.02. The molecule has 0 saturated carbocycles. The first kappa shape index (κ1) is 18.7. The van der Waals surface area contributed by atoms with Gasteiger partial charge in [-0.3, -0.25) is 0 Å². The van der Waals surface area contributed by atoms with Crippen molar-refractivity contribution in [1.82, 2.24) is 4.98 Å². The maximum atomic E-state index is 14.3. The first-order chi connectivity index (χ1) is 12.8. The summed E-state index contributed by atoms with van der Waals surface area (Å²) in [5.74, 6) is -1.91. The number of aromatic nitrogens is 1. The van der Waals surface area contributed by atoms with Gasteiger partial charge in [0.25, 0.3) is 0 Å². The van der Waals surface area contributed by atoms with E-state index in [4.69, 9.17) is 5.11 Å². The van der Waals surface area contributed by atoms with E-state index in [1.54, 1.807) is 13.1 Å². The summed E-state index contributed by atoms with van der Waals surface area (Å²) in [5.41, 5.74) is 1.91. The van der Waals surface area contributed by atoms with Gasteiger partial charge in [0.05, 0.1) is 11.8 Å². The largest absolute Gasteiger partial charge is 0.478 e. The molecule has 1 heterocycles. The molecular weight excluding hydrogens is 372 g/mol. The summed E-state index contributed by atoms with van der Waals surface area (Å²) < 4.78 is 27.6. The molecule has 0 atom stereocenters. The lowest BCUT2D eigenvalue weighted by Gasteiger charge is -2.08. The van der Waals surface area contributed by atoms with Crippen molar-refractivity contribution in [3.8, 4) is 11.3 Å². The minimum absolute atomic E-state index is 0.210. The molecule has 3 rings (SSSR count). The Kier molecular flexibility index (Phi) is 5.27. The number of carboxylic acids is 1. The topological polar surface area (TPSA) is 65.8 Å². The van der Waals surface area contributed by atoms with Crippen LogP contribution in [0, 0.1) is 17.9 Å². The van der Waals surface area contributed by atoms with Gasteiger partial charge < -0.3 is 5.11 Å². The number of hydrogen-bond acceptors (Lipinski definition) is 5. The van der Waals surface area contributed by atoms with Crippen LogP contribution in [0.1, 0.15) is 21.5 Å². The Hall–Kier alpha value is -3.13. The second-order valence-electron chi connectivity index (χ2n) is 5.79. The SMILES string of the molecule is Cc1cccc(-c2nc(N(C)/N=C/c3ccc(F)cc3C(=O)O)sc2F)c1. The highest BCUT2D eigenvalue weighted by Gasteiger charge is 2.16. The third kappa shape index (κ3) is 4.17. The molecule has 0 radical (unpaired) electrons. The van der Waals surface area contributed by atoms with Gasteiger partial charge in [0.15, 0.2) is 0 Å². The molecule has 0 bridgehead atoms. The summed E-state index contributed by atoms with van der Waals surface area (Å²) in [6, 6.07) is 10.7. The molecule has 138 valence electrons. The number of carboxylic acid groups (broad SMARTS) is 1. The lowest BCUT2D eigenvalue weighted by atomic mass is 10.1. The van der Waals surface area contributed by atoms with Gasteiger partial charge in [0.2, 0.25) is 10.3 Å². The number of benzene rings is 2. The summed E-state index contributed by atoms with van der Waals surface area (Å²) in [6.45, 7) is 1.91. The minimum Gasteiger partial charge on any atom is -0.478 e. The Balaban J connectivity index is 1.87. The van der Waals surface area contributed by atoms with E-state index in [-0.39, 0.29) is 16.8 Å². The molecule has 0 aliphatic rings. The van der Waals surface area contributed by atoms with Crippen LogP contribution in [0.4, 0.5) is 13.9 Å². The van der Waals surface area contributed by atoms with Crippen LogP contribution in [0.2, 0.25) is 0 Å². The molecule has 0 saturated heterocycles. The molecule has 3 aromatic rings. The number of hydrogen-bond donors (Lipinski definition) is 1. The fourth-order valence-corrected chi connectivity index (χ4v) is 3.16.